The van der Waals surface area contributed by atoms with Gasteiger partial charge in [-0.15, -0.1) is 11.8 Å². The number of halogens is 3. The molecule has 47 heavy (non-hydrogen) atoms. The predicted octanol–water partition coefficient (Wildman–Crippen LogP) is 6.14. The molecular weight excluding hydrogens is 678 g/mol. The Labute approximate surface area is 280 Å². The average molecular weight is 705 g/mol. The lowest BCUT2D eigenvalue weighted by Gasteiger charge is -2.15. The molecule has 0 aliphatic carbocycles. The van der Waals surface area contributed by atoms with E-state index in [1.165, 1.54) is 56.5 Å². The van der Waals surface area contributed by atoms with Crippen LogP contribution in [-0.2, 0) is 27.4 Å². The molecule has 5 rings (SSSR count). The maximum Gasteiger partial charge on any atom is 0.344 e. The summed E-state index contributed by atoms with van der Waals surface area (Å²) in [7, 11) is 1.30. The van der Waals surface area contributed by atoms with Crippen molar-refractivity contribution in [3.05, 3.63) is 91.3 Å². The van der Waals surface area contributed by atoms with Crippen molar-refractivity contribution in [3.8, 4) is 23.3 Å². The van der Waals surface area contributed by atoms with Crippen LogP contribution in [0.2, 0.25) is 5.02 Å². The number of carboxylic acids is 1. The van der Waals surface area contributed by atoms with Crippen molar-refractivity contribution in [3.63, 3.8) is 0 Å². The standard InChI is InChI=1S/C16H12FNO4.C15H15ClFN3O3S2/c1-10(16(19)20)21-12-3-5-13(6-4-12)22-15-7-2-11(9-18)8-14(15)17;1-23-13(21)8-24-12-7-11(10(17)6-9(12)16)18-14-19-4-2-3-5-20(19)15(22)25-14/h2-8,10H,1H3,(H,19,20);6-7H,2-5,8H2,1H3/t10-;/m1./s1. The van der Waals surface area contributed by atoms with Gasteiger partial charge in [-0.25, -0.2) is 23.2 Å². The predicted molar refractivity (Wildman–Crippen MR) is 171 cm³/mol. The van der Waals surface area contributed by atoms with E-state index in [9.17, 15) is 23.2 Å². The maximum atomic E-state index is 14.3. The Hall–Kier alpha value is -4.65. The lowest BCUT2D eigenvalue weighted by atomic mass is 10.2. The summed E-state index contributed by atoms with van der Waals surface area (Å²) in [6.07, 6.45) is 0.926. The van der Waals surface area contributed by atoms with Crippen molar-refractivity contribution < 1.29 is 37.7 Å². The Balaban J connectivity index is 0.000000215. The number of hydrogen-bond donors (Lipinski definition) is 1. The number of methoxy groups -OCH3 is 1. The number of fused-ring (bicyclic) bond motifs is 1. The second-order valence-electron chi connectivity index (χ2n) is 9.74. The van der Waals surface area contributed by atoms with Crippen LogP contribution in [0.3, 0.4) is 0 Å². The molecule has 3 aromatic carbocycles. The first-order valence-electron chi connectivity index (χ1n) is 13.9. The average Bonchev–Trinajstić information content (AvgIpc) is 3.38. The molecule has 4 aromatic rings. The molecule has 1 aromatic heterocycles. The fourth-order valence-corrected chi connectivity index (χ4v) is 6.04. The number of aliphatic carboxylic acids is 1. The van der Waals surface area contributed by atoms with Crippen LogP contribution in [-0.4, -0.2) is 45.4 Å². The highest BCUT2D eigenvalue weighted by atomic mass is 35.5. The Bertz CT molecular complexity index is 1940. The van der Waals surface area contributed by atoms with Crippen LogP contribution in [0.4, 0.5) is 14.5 Å². The zero-order valence-electron chi connectivity index (χ0n) is 24.9. The zero-order chi connectivity index (χ0) is 34.1. The lowest BCUT2D eigenvalue weighted by Crippen LogP contribution is -2.31. The van der Waals surface area contributed by atoms with Gasteiger partial charge in [0.1, 0.15) is 23.0 Å². The van der Waals surface area contributed by atoms with Crippen molar-refractivity contribution in [1.29, 1.82) is 5.26 Å². The first kappa shape index (κ1) is 35.2. The summed E-state index contributed by atoms with van der Waals surface area (Å²) in [5, 5.41) is 17.6. The van der Waals surface area contributed by atoms with Crippen molar-refractivity contribution in [2.45, 2.75) is 43.9 Å². The molecule has 1 aliphatic rings. The maximum absolute atomic E-state index is 14.3. The molecule has 0 fully saturated rings. The Kier molecular flexibility index (Phi) is 12.2. The Morgan fingerprint density at radius 3 is 2.40 bits per heavy atom. The SMILES string of the molecule is COC(=O)CSc1cc(N=c2sc(=O)n3n2CCCC3)c(F)cc1Cl.C[C@@H](Oc1ccc(Oc2ccc(C#N)cc2F)cc1)C(=O)O. The molecule has 0 amide bonds. The normalized spacial score (nSPS) is 13.0. The number of thioether (sulfide) groups is 1. The number of nitrogens with zero attached hydrogens (tertiary/aromatic N) is 4. The topological polar surface area (TPSA) is 145 Å². The van der Waals surface area contributed by atoms with Crippen LogP contribution in [0, 0.1) is 23.0 Å². The van der Waals surface area contributed by atoms with Crippen LogP contribution in [0.15, 0.2) is 69.3 Å². The molecule has 0 unspecified atom stereocenters. The van der Waals surface area contributed by atoms with Crippen LogP contribution in [0.25, 0.3) is 0 Å². The monoisotopic (exact) mass is 704 g/mol. The first-order valence-corrected chi connectivity index (χ1v) is 16.1. The third kappa shape index (κ3) is 9.44. The molecule has 1 atom stereocenters. The van der Waals surface area contributed by atoms with E-state index >= 15 is 0 Å². The van der Waals surface area contributed by atoms with Gasteiger partial charge in [0.15, 0.2) is 17.7 Å². The van der Waals surface area contributed by atoms with E-state index < -0.39 is 29.7 Å². The quantitative estimate of drug-likeness (QED) is 0.161. The number of benzene rings is 3. The number of ether oxygens (including phenoxy) is 3. The minimum atomic E-state index is -1.07. The first-order chi connectivity index (χ1) is 22.5. The summed E-state index contributed by atoms with van der Waals surface area (Å²) >= 11 is 8.17. The molecule has 1 aliphatic heterocycles. The van der Waals surface area contributed by atoms with Crippen LogP contribution in [0.5, 0.6) is 17.2 Å². The Morgan fingerprint density at radius 2 is 1.77 bits per heavy atom. The molecule has 0 saturated carbocycles. The highest BCUT2D eigenvalue weighted by Crippen LogP contribution is 2.33. The van der Waals surface area contributed by atoms with Crippen molar-refractivity contribution >= 4 is 52.3 Å². The minimum Gasteiger partial charge on any atom is -0.479 e. The van der Waals surface area contributed by atoms with E-state index in [1.54, 1.807) is 9.36 Å². The number of aromatic nitrogens is 2. The fourth-order valence-electron chi connectivity index (χ4n) is 4.05. The van der Waals surface area contributed by atoms with E-state index in [2.05, 4.69) is 9.73 Å². The Morgan fingerprint density at radius 1 is 1.09 bits per heavy atom. The van der Waals surface area contributed by atoms with Gasteiger partial charge in [0.2, 0.25) is 4.80 Å². The lowest BCUT2D eigenvalue weighted by molar-refractivity contribution is -0.144. The van der Waals surface area contributed by atoms with E-state index in [1.807, 2.05) is 6.07 Å². The number of carbonyl (C=O) groups excluding carboxylic acids is 1. The highest BCUT2D eigenvalue weighted by molar-refractivity contribution is 8.00. The second kappa shape index (κ2) is 16.3. The van der Waals surface area contributed by atoms with Crippen molar-refractivity contribution in [1.82, 2.24) is 9.36 Å². The van der Waals surface area contributed by atoms with Gasteiger partial charge in [-0.2, -0.15) is 5.26 Å². The number of hydrogen-bond acceptors (Lipinski definition) is 10. The van der Waals surface area contributed by atoms with E-state index in [-0.39, 0.29) is 32.6 Å². The molecule has 0 bridgehead atoms. The molecule has 0 saturated heterocycles. The van der Waals surface area contributed by atoms with Gasteiger partial charge in [-0.05, 0) is 85.7 Å². The van der Waals surface area contributed by atoms with Gasteiger partial charge in [-0.3, -0.25) is 14.3 Å². The van der Waals surface area contributed by atoms with Crippen molar-refractivity contribution in [2.75, 3.05) is 12.9 Å². The molecule has 16 heteroatoms. The van der Waals surface area contributed by atoms with Crippen LogP contribution >= 0.6 is 34.7 Å². The number of esters is 1. The van der Waals surface area contributed by atoms with Gasteiger partial charge in [0.25, 0.3) is 0 Å². The summed E-state index contributed by atoms with van der Waals surface area (Å²) in [5.74, 6) is -1.92. The zero-order valence-corrected chi connectivity index (χ0v) is 27.3. The largest absolute Gasteiger partial charge is 0.479 e. The number of carbonyl (C=O) groups is 2. The molecule has 11 nitrogen and oxygen atoms in total. The molecular formula is C31H27ClF2N4O7S2. The van der Waals surface area contributed by atoms with Crippen LogP contribution < -0.4 is 19.1 Å². The number of rotatable bonds is 9. The number of nitriles is 1. The fraction of sp³-hybridized carbons (Fsp3) is 0.258. The second-order valence-corrected chi connectivity index (χ2v) is 12.1. The third-order valence-electron chi connectivity index (χ3n) is 6.46. The van der Waals surface area contributed by atoms with Gasteiger partial charge < -0.3 is 19.3 Å². The molecule has 0 radical (unpaired) electrons. The van der Waals surface area contributed by atoms with E-state index in [0.29, 0.717) is 34.3 Å². The van der Waals surface area contributed by atoms with Crippen LogP contribution in [0.1, 0.15) is 25.3 Å². The van der Waals surface area contributed by atoms with Gasteiger partial charge in [0, 0.05) is 18.0 Å². The summed E-state index contributed by atoms with van der Waals surface area (Å²) in [6.45, 7) is 2.74. The van der Waals surface area contributed by atoms with E-state index in [4.69, 9.17) is 31.4 Å². The summed E-state index contributed by atoms with van der Waals surface area (Å²) in [6, 6.07) is 14.5. The van der Waals surface area contributed by atoms with Gasteiger partial charge in [0.05, 0.1) is 29.5 Å². The molecule has 1 N–H and O–H groups in total. The minimum absolute atomic E-state index is 0.00780. The summed E-state index contributed by atoms with van der Waals surface area (Å²) < 4.78 is 46.5. The molecule has 0 spiro atoms. The summed E-state index contributed by atoms with van der Waals surface area (Å²) in [5.41, 5.74) is 0.288. The molecule has 2 heterocycles. The van der Waals surface area contributed by atoms with Gasteiger partial charge >= 0.3 is 16.8 Å². The van der Waals surface area contributed by atoms with Gasteiger partial charge in [-0.1, -0.05) is 11.6 Å². The van der Waals surface area contributed by atoms with Crippen molar-refractivity contribution in [2.24, 2.45) is 4.99 Å². The molecule has 246 valence electrons. The van der Waals surface area contributed by atoms with E-state index in [0.717, 1.165) is 48.1 Å². The third-order valence-corrected chi connectivity index (χ3v) is 8.78. The summed E-state index contributed by atoms with van der Waals surface area (Å²) in [4.78, 5) is 39.2. The number of carboxylic acid groups (broad SMARTS) is 1. The smallest absolute Gasteiger partial charge is 0.344 e. The highest BCUT2D eigenvalue weighted by Gasteiger charge is 2.16.